The molecular formula is C15H14BrNO3S. The molecule has 2 aromatic rings. The van der Waals surface area contributed by atoms with Gasteiger partial charge in [-0.1, -0.05) is 28.1 Å². The number of hydrogen-bond acceptors (Lipinski definition) is 4. The highest BCUT2D eigenvalue weighted by Crippen LogP contribution is 2.31. The van der Waals surface area contributed by atoms with E-state index in [4.69, 9.17) is 5.11 Å². The summed E-state index contributed by atoms with van der Waals surface area (Å²) in [5.74, 6) is -0.896. The second-order valence-electron chi connectivity index (χ2n) is 4.34. The molecule has 0 spiro atoms. The van der Waals surface area contributed by atoms with E-state index in [1.807, 2.05) is 24.3 Å². The van der Waals surface area contributed by atoms with Gasteiger partial charge in [-0.15, -0.1) is 11.8 Å². The molecule has 0 saturated heterocycles. The van der Waals surface area contributed by atoms with Crippen molar-refractivity contribution in [3.8, 4) is 5.75 Å². The number of aromatic hydroxyl groups is 1. The maximum Gasteiger partial charge on any atom is 0.313 e. The van der Waals surface area contributed by atoms with E-state index in [0.717, 1.165) is 27.5 Å². The number of nitrogens with one attached hydrogen (secondary N) is 1. The molecule has 21 heavy (non-hydrogen) atoms. The molecule has 110 valence electrons. The molecule has 0 radical (unpaired) electrons. The van der Waals surface area contributed by atoms with E-state index in [1.54, 1.807) is 18.2 Å². The van der Waals surface area contributed by atoms with Crippen molar-refractivity contribution < 1.29 is 15.0 Å². The van der Waals surface area contributed by atoms with Crippen molar-refractivity contribution in [3.05, 3.63) is 52.5 Å². The van der Waals surface area contributed by atoms with Crippen LogP contribution in [0.2, 0.25) is 0 Å². The molecule has 0 amide bonds. The Morgan fingerprint density at radius 2 is 1.90 bits per heavy atom. The molecule has 0 fully saturated rings. The Bertz CT molecular complexity index is 631. The minimum atomic E-state index is -0.910. The molecule has 0 aliphatic rings. The average molecular weight is 368 g/mol. The zero-order valence-electron chi connectivity index (χ0n) is 11.0. The van der Waals surface area contributed by atoms with Gasteiger partial charge < -0.3 is 15.5 Å². The van der Waals surface area contributed by atoms with Crippen LogP contribution in [0.25, 0.3) is 0 Å². The first-order chi connectivity index (χ1) is 10.0. The number of phenols is 1. The largest absolute Gasteiger partial charge is 0.507 e. The molecule has 0 bridgehead atoms. The van der Waals surface area contributed by atoms with Gasteiger partial charge in [-0.3, -0.25) is 4.79 Å². The van der Waals surface area contributed by atoms with Gasteiger partial charge in [0, 0.05) is 16.7 Å². The van der Waals surface area contributed by atoms with Crippen molar-refractivity contribution in [2.24, 2.45) is 0 Å². The fraction of sp³-hybridized carbons (Fsp3) is 0.133. The SMILES string of the molecule is O=C(O)CSc1cc(NCc2ccc(Br)cc2)ccc1O. The van der Waals surface area contributed by atoms with Gasteiger partial charge in [0.1, 0.15) is 5.75 Å². The predicted molar refractivity (Wildman–Crippen MR) is 87.9 cm³/mol. The van der Waals surface area contributed by atoms with Crippen molar-refractivity contribution in [2.75, 3.05) is 11.1 Å². The quantitative estimate of drug-likeness (QED) is 0.532. The summed E-state index contributed by atoms with van der Waals surface area (Å²) in [5.41, 5.74) is 1.97. The van der Waals surface area contributed by atoms with Crippen molar-refractivity contribution >= 4 is 39.3 Å². The summed E-state index contributed by atoms with van der Waals surface area (Å²) in [4.78, 5) is 11.1. The van der Waals surface area contributed by atoms with Crippen LogP contribution in [0.4, 0.5) is 5.69 Å². The third-order valence-electron chi connectivity index (χ3n) is 2.72. The lowest BCUT2D eigenvalue weighted by atomic mass is 10.2. The fourth-order valence-electron chi connectivity index (χ4n) is 1.69. The smallest absolute Gasteiger partial charge is 0.313 e. The Balaban J connectivity index is 2.01. The van der Waals surface area contributed by atoms with E-state index in [-0.39, 0.29) is 11.5 Å². The number of halogens is 1. The van der Waals surface area contributed by atoms with Crippen LogP contribution in [0.5, 0.6) is 5.75 Å². The number of hydrogen-bond donors (Lipinski definition) is 3. The molecule has 0 unspecified atom stereocenters. The minimum Gasteiger partial charge on any atom is -0.507 e. The molecule has 0 heterocycles. The third kappa shape index (κ3) is 4.99. The normalized spacial score (nSPS) is 10.3. The Kier molecular flexibility index (Phi) is 5.52. The zero-order valence-corrected chi connectivity index (χ0v) is 13.4. The fourth-order valence-corrected chi connectivity index (χ4v) is 2.66. The maximum absolute atomic E-state index is 10.6. The molecule has 0 atom stereocenters. The first-order valence-electron chi connectivity index (χ1n) is 6.20. The van der Waals surface area contributed by atoms with Crippen LogP contribution in [0.3, 0.4) is 0 Å². The van der Waals surface area contributed by atoms with Crippen LogP contribution in [-0.4, -0.2) is 21.9 Å². The van der Waals surface area contributed by atoms with Gasteiger partial charge in [-0.2, -0.15) is 0 Å². The zero-order chi connectivity index (χ0) is 15.2. The van der Waals surface area contributed by atoms with E-state index in [0.29, 0.717) is 11.4 Å². The van der Waals surface area contributed by atoms with Crippen LogP contribution in [-0.2, 0) is 11.3 Å². The van der Waals surface area contributed by atoms with Crippen molar-refractivity contribution in [2.45, 2.75) is 11.4 Å². The molecule has 0 aliphatic heterocycles. The summed E-state index contributed by atoms with van der Waals surface area (Å²) in [6.07, 6.45) is 0. The third-order valence-corrected chi connectivity index (χ3v) is 4.28. The number of carboxylic acids is 1. The Labute approximate surface area is 135 Å². The highest BCUT2D eigenvalue weighted by atomic mass is 79.9. The lowest BCUT2D eigenvalue weighted by Crippen LogP contribution is -2.00. The van der Waals surface area contributed by atoms with Gasteiger partial charge in [0.25, 0.3) is 0 Å². The van der Waals surface area contributed by atoms with Crippen LogP contribution in [0.15, 0.2) is 51.8 Å². The number of carbonyl (C=O) groups is 1. The van der Waals surface area contributed by atoms with Crippen LogP contribution < -0.4 is 5.32 Å². The number of carboxylic acid groups (broad SMARTS) is 1. The predicted octanol–water partition coefficient (Wildman–Crippen LogP) is 3.94. The van der Waals surface area contributed by atoms with Crippen molar-refractivity contribution in [1.29, 1.82) is 0 Å². The monoisotopic (exact) mass is 367 g/mol. The molecule has 4 nitrogen and oxygen atoms in total. The standard InChI is InChI=1S/C15H14BrNO3S/c16-11-3-1-10(2-4-11)8-17-12-5-6-13(18)14(7-12)21-9-15(19)20/h1-7,17-18H,8-9H2,(H,19,20). The van der Waals surface area contributed by atoms with Gasteiger partial charge in [-0.25, -0.2) is 0 Å². The molecule has 2 rings (SSSR count). The Morgan fingerprint density at radius 3 is 2.57 bits per heavy atom. The van der Waals surface area contributed by atoms with Gasteiger partial charge in [0.15, 0.2) is 0 Å². The molecular weight excluding hydrogens is 354 g/mol. The van der Waals surface area contributed by atoms with Gasteiger partial charge >= 0.3 is 5.97 Å². The summed E-state index contributed by atoms with van der Waals surface area (Å²) < 4.78 is 1.03. The Hall–Kier alpha value is -1.66. The molecule has 0 aliphatic carbocycles. The second kappa shape index (κ2) is 7.38. The number of rotatable bonds is 6. The minimum absolute atomic E-state index is 0.0796. The van der Waals surface area contributed by atoms with Gasteiger partial charge in [0.05, 0.1) is 10.6 Å². The summed E-state index contributed by atoms with van der Waals surface area (Å²) in [7, 11) is 0. The Morgan fingerprint density at radius 1 is 1.19 bits per heavy atom. The van der Waals surface area contributed by atoms with E-state index in [1.165, 1.54) is 0 Å². The lowest BCUT2D eigenvalue weighted by Gasteiger charge is -2.09. The highest BCUT2D eigenvalue weighted by Gasteiger charge is 2.06. The van der Waals surface area contributed by atoms with Crippen molar-refractivity contribution in [3.63, 3.8) is 0 Å². The van der Waals surface area contributed by atoms with Crippen LogP contribution in [0.1, 0.15) is 5.56 Å². The topological polar surface area (TPSA) is 69.6 Å². The second-order valence-corrected chi connectivity index (χ2v) is 6.28. The first kappa shape index (κ1) is 15.7. The number of aliphatic carboxylic acids is 1. The summed E-state index contributed by atoms with van der Waals surface area (Å²) in [5, 5.41) is 21.7. The average Bonchev–Trinajstić information content (AvgIpc) is 2.46. The van der Waals surface area contributed by atoms with E-state index < -0.39 is 5.97 Å². The summed E-state index contributed by atoms with van der Waals surface area (Å²) >= 11 is 4.49. The summed E-state index contributed by atoms with van der Waals surface area (Å²) in [6, 6.07) is 13.0. The number of benzene rings is 2. The highest BCUT2D eigenvalue weighted by molar-refractivity contribution is 9.10. The number of anilines is 1. The molecule has 0 aromatic heterocycles. The molecule has 2 aromatic carbocycles. The number of thioether (sulfide) groups is 1. The first-order valence-corrected chi connectivity index (χ1v) is 7.98. The maximum atomic E-state index is 10.6. The molecule has 6 heteroatoms. The van der Waals surface area contributed by atoms with E-state index >= 15 is 0 Å². The molecule has 0 saturated carbocycles. The van der Waals surface area contributed by atoms with Crippen LogP contribution >= 0.6 is 27.7 Å². The van der Waals surface area contributed by atoms with E-state index in [9.17, 15) is 9.90 Å². The lowest BCUT2D eigenvalue weighted by molar-refractivity contribution is -0.133. The van der Waals surface area contributed by atoms with Gasteiger partial charge in [0.2, 0.25) is 0 Å². The molecule has 3 N–H and O–H groups in total. The number of phenolic OH excluding ortho intramolecular Hbond substituents is 1. The van der Waals surface area contributed by atoms with E-state index in [2.05, 4.69) is 21.2 Å². The van der Waals surface area contributed by atoms with Crippen molar-refractivity contribution in [1.82, 2.24) is 0 Å². The summed E-state index contributed by atoms with van der Waals surface area (Å²) in [6.45, 7) is 0.654. The van der Waals surface area contributed by atoms with Gasteiger partial charge in [-0.05, 0) is 35.9 Å². The van der Waals surface area contributed by atoms with Crippen LogP contribution in [0, 0.1) is 0 Å².